The molecule has 1 rings (SSSR count). The van der Waals surface area contributed by atoms with Crippen LogP contribution in [0.2, 0.25) is 0 Å². The zero-order chi connectivity index (χ0) is 11.8. The van der Waals surface area contributed by atoms with Crippen molar-refractivity contribution in [1.82, 2.24) is 0 Å². The molecule has 15 heavy (non-hydrogen) atoms. The van der Waals surface area contributed by atoms with Gasteiger partial charge in [-0.15, -0.1) is 0 Å². The number of carboxylic acid groups (broad SMARTS) is 1. The van der Waals surface area contributed by atoms with E-state index in [2.05, 4.69) is 0 Å². The van der Waals surface area contributed by atoms with Crippen molar-refractivity contribution in [2.75, 3.05) is 0 Å². The van der Waals surface area contributed by atoms with Crippen molar-refractivity contribution in [3.05, 3.63) is 21.3 Å². The normalized spacial score (nSPS) is 11.3. The first kappa shape index (κ1) is 12.2. The van der Waals surface area contributed by atoms with Crippen molar-refractivity contribution < 1.29 is 28.0 Å². The Morgan fingerprint density at radius 3 is 2.27 bits per heavy atom. The van der Waals surface area contributed by atoms with Crippen molar-refractivity contribution in [2.45, 2.75) is 4.90 Å². The van der Waals surface area contributed by atoms with Crippen LogP contribution >= 0.6 is 22.6 Å². The van der Waals surface area contributed by atoms with Crippen molar-refractivity contribution in [2.24, 2.45) is 0 Å². The van der Waals surface area contributed by atoms with Crippen LogP contribution in [-0.4, -0.2) is 29.2 Å². The van der Waals surface area contributed by atoms with E-state index in [1.165, 1.54) is 0 Å². The van der Waals surface area contributed by atoms with E-state index in [1.807, 2.05) is 0 Å². The number of hydrogen-bond donors (Lipinski definition) is 3. The molecule has 0 fully saturated rings. The lowest BCUT2D eigenvalue weighted by Crippen LogP contribution is -2.04. The molecule has 0 saturated carbocycles. The fourth-order valence-corrected chi connectivity index (χ4v) is 2.33. The summed E-state index contributed by atoms with van der Waals surface area (Å²) < 4.78 is 30.3. The Morgan fingerprint density at radius 2 is 1.87 bits per heavy atom. The number of benzene rings is 1. The molecule has 0 bridgehead atoms. The molecule has 3 N–H and O–H groups in total. The molecule has 0 spiro atoms. The summed E-state index contributed by atoms with van der Waals surface area (Å²) in [5, 5.41) is 17.9. The van der Waals surface area contributed by atoms with Gasteiger partial charge < -0.3 is 10.2 Å². The molecule has 8 heteroatoms. The zero-order valence-electron chi connectivity index (χ0n) is 7.01. The second kappa shape index (κ2) is 3.94. The summed E-state index contributed by atoms with van der Waals surface area (Å²) in [5.74, 6) is -2.01. The van der Waals surface area contributed by atoms with Gasteiger partial charge in [0.2, 0.25) is 0 Å². The predicted molar refractivity (Wildman–Crippen MR) is 57.6 cm³/mol. The first-order chi connectivity index (χ1) is 6.73. The van der Waals surface area contributed by atoms with Crippen molar-refractivity contribution in [3.8, 4) is 5.75 Å². The van der Waals surface area contributed by atoms with Crippen molar-refractivity contribution in [3.63, 3.8) is 0 Å². The molecule has 0 aliphatic carbocycles. The minimum absolute atomic E-state index is 0.0279. The third-order valence-electron chi connectivity index (χ3n) is 1.55. The van der Waals surface area contributed by atoms with Crippen molar-refractivity contribution in [1.29, 1.82) is 0 Å². The first-order valence-electron chi connectivity index (χ1n) is 3.47. The monoisotopic (exact) mass is 344 g/mol. The highest BCUT2D eigenvalue weighted by molar-refractivity contribution is 14.1. The van der Waals surface area contributed by atoms with E-state index in [0.717, 1.165) is 6.07 Å². The van der Waals surface area contributed by atoms with E-state index in [9.17, 15) is 18.3 Å². The van der Waals surface area contributed by atoms with Gasteiger partial charge >= 0.3 is 5.97 Å². The van der Waals surface area contributed by atoms with Gasteiger partial charge in [0.25, 0.3) is 10.1 Å². The molecule has 1 aromatic rings. The predicted octanol–water partition coefficient (Wildman–Crippen LogP) is 0.942. The van der Waals surface area contributed by atoms with Crippen LogP contribution in [0.3, 0.4) is 0 Å². The van der Waals surface area contributed by atoms with Gasteiger partial charge in [-0.3, -0.25) is 4.55 Å². The molecule has 0 radical (unpaired) electrons. The fourth-order valence-electron chi connectivity index (χ4n) is 0.894. The van der Waals surface area contributed by atoms with Gasteiger partial charge in [0.1, 0.15) is 10.6 Å². The van der Waals surface area contributed by atoms with Crippen LogP contribution in [0.15, 0.2) is 17.0 Å². The Kier molecular flexibility index (Phi) is 3.21. The standard InChI is InChI=1S/C7H5IO6S/c8-4-1-3(7(10)11)2-5(6(4)9)15(12,13)14/h1-2,9H,(H,10,11)(H,12,13,14). The highest BCUT2D eigenvalue weighted by Gasteiger charge is 2.20. The third-order valence-corrected chi connectivity index (χ3v) is 3.24. The summed E-state index contributed by atoms with van der Waals surface area (Å²) in [6.07, 6.45) is 0. The lowest BCUT2D eigenvalue weighted by molar-refractivity contribution is 0.0696. The van der Waals surface area contributed by atoms with Crippen LogP contribution in [0.25, 0.3) is 0 Å². The number of hydrogen-bond acceptors (Lipinski definition) is 4. The molecule has 0 aliphatic rings. The fraction of sp³-hybridized carbons (Fsp3) is 0. The molecule has 0 saturated heterocycles. The number of rotatable bonds is 2. The summed E-state index contributed by atoms with van der Waals surface area (Å²) in [6, 6.07) is 1.78. The topological polar surface area (TPSA) is 112 Å². The van der Waals surface area contributed by atoms with E-state index < -0.39 is 26.7 Å². The van der Waals surface area contributed by atoms with Gasteiger partial charge in [0.05, 0.1) is 9.13 Å². The van der Waals surface area contributed by atoms with Crippen LogP contribution < -0.4 is 0 Å². The molecule has 6 nitrogen and oxygen atoms in total. The van der Waals surface area contributed by atoms with Crippen LogP contribution in [0.5, 0.6) is 5.75 Å². The number of aromatic hydroxyl groups is 1. The van der Waals surface area contributed by atoms with Gasteiger partial charge in [0.15, 0.2) is 0 Å². The molecule has 1 aromatic carbocycles. The molecule has 82 valence electrons. The molecule has 0 aliphatic heterocycles. The van der Waals surface area contributed by atoms with Crippen LogP contribution in [0.1, 0.15) is 10.4 Å². The van der Waals surface area contributed by atoms with Gasteiger partial charge in [-0.05, 0) is 34.7 Å². The summed E-state index contributed by atoms with van der Waals surface area (Å²) in [4.78, 5) is 9.77. The summed E-state index contributed by atoms with van der Waals surface area (Å²) in [5.41, 5.74) is -0.329. The van der Waals surface area contributed by atoms with E-state index in [1.54, 1.807) is 22.6 Å². The summed E-state index contributed by atoms with van der Waals surface area (Å²) >= 11 is 1.56. The van der Waals surface area contributed by atoms with E-state index in [0.29, 0.717) is 6.07 Å². The average molecular weight is 344 g/mol. The third kappa shape index (κ3) is 2.58. The molecule has 0 atom stereocenters. The Balaban J connectivity index is 3.59. The van der Waals surface area contributed by atoms with Crippen LogP contribution in [-0.2, 0) is 10.1 Å². The van der Waals surface area contributed by atoms with Crippen LogP contribution in [0.4, 0.5) is 0 Å². The largest absolute Gasteiger partial charge is 0.505 e. The molecular formula is C7H5IO6S. The number of phenolic OH excluding ortho intramolecular Hbond substituents is 1. The highest BCUT2D eigenvalue weighted by atomic mass is 127. The lowest BCUT2D eigenvalue weighted by atomic mass is 10.2. The Labute approximate surface area is 98.4 Å². The second-order valence-corrected chi connectivity index (χ2v) is 5.14. The SMILES string of the molecule is O=C(O)c1cc(I)c(O)c(S(=O)(=O)O)c1. The maximum Gasteiger partial charge on any atom is 0.335 e. The maximum atomic E-state index is 10.8. The molecule has 0 aromatic heterocycles. The number of carboxylic acids is 1. The summed E-state index contributed by atoms with van der Waals surface area (Å²) in [6.45, 7) is 0. The van der Waals surface area contributed by atoms with Crippen molar-refractivity contribution >= 4 is 38.7 Å². The smallest absolute Gasteiger partial charge is 0.335 e. The molecule has 0 heterocycles. The Hall–Kier alpha value is -0.870. The Morgan fingerprint density at radius 1 is 1.33 bits per heavy atom. The maximum absolute atomic E-state index is 10.8. The molecule has 0 unspecified atom stereocenters. The van der Waals surface area contributed by atoms with Gasteiger partial charge in [-0.1, -0.05) is 0 Å². The summed E-state index contributed by atoms with van der Waals surface area (Å²) in [7, 11) is -4.63. The highest BCUT2D eigenvalue weighted by Crippen LogP contribution is 2.29. The number of aromatic carboxylic acids is 1. The van der Waals surface area contributed by atoms with E-state index in [-0.39, 0.29) is 9.13 Å². The lowest BCUT2D eigenvalue weighted by Gasteiger charge is -2.04. The van der Waals surface area contributed by atoms with Gasteiger partial charge in [-0.25, -0.2) is 4.79 Å². The second-order valence-electron chi connectivity index (χ2n) is 2.59. The van der Waals surface area contributed by atoms with Gasteiger partial charge in [0, 0.05) is 0 Å². The van der Waals surface area contributed by atoms with Crippen LogP contribution in [0, 0.1) is 3.57 Å². The average Bonchev–Trinajstić information content (AvgIpc) is 2.06. The molecule has 0 amide bonds. The first-order valence-corrected chi connectivity index (χ1v) is 5.98. The zero-order valence-corrected chi connectivity index (χ0v) is 9.98. The Bertz CT molecular complexity index is 521. The molecular weight excluding hydrogens is 339 g/mol. The number of carbonyl (C=O) groups is 1. The minimum atomic E-state index is -4.63. The van der Waals surface area contributed by atoms with E-state index in [4.69, 9.17) is 9.66 Å². The van der Waals surface area contributed by atoms with Gasteiger partial charge in [-0.2, -0.15) is 8.42 Å². The van der Waals surface area contributed by atoms with E-state index >= 15 is 0 Å². The number of phenols is 1. The minimum Gasteiger partial charge on any atom is -0.505 e. The quantitative estimate of drug-likeness (QED) is 0.544. The number of halogens is 1.